The topological polar surface area (TPSA) is 15.3 Å². The van der Waals surface area contributed by atoms with Crippen LogP contribution < -0.4 is 5.32 Å². The van der Waals surface area contributed by atoms with Crippen LogP contribution in [0.3, 0.4) is 0 Å². The van der Waals surface area contributed by atoms with Crippen LogP contribution >= 0.6 is 15.9 Å². The summed E-state index contributed by atoms with van der Waals surface area (Å²) < 4.78 is 14.5. The summed E-state index contributed by atoms with van der Waals surface area (Å²) in [4.78, 5) is 2.52. The summed E-state index contributed by atoms with van der Waals surface area (Å²) in [5.74, 6) is -0.140. The van der Waals surface area contributed by atoms with E-state index >= 15 is 0 Å². The van der Waals surface area contributed by atoms with Gasteiger partial charge in [-0.25, -0.2) is 4.39 Å². The maximum Gasteiger partial charge on any atom is 0.128 e. The van der Waals surface area contributed by atoms with Crippen LogP contribution in [0.25, 0.3) is 0 Å². The fraction of sp³-hybridized carbons (Fsp3) is 0.625. The summed E-state index contributed by atoms with van der Waals surface area (Å²) in [7, 11) is 0. The molecule has 2 rings (SSSR count). The van der Waals surface area contributed by atoms with Crippen molar-refractivity contribution < 1.29 is 4.39 Å². The summed E-state index contributed by atoms with van der Waals surface area (Å²) >= 11 is 3.28. The van der Waals surface area contributed by atoms with Crippen LogP contribution in [0.1, 0.15) is 39.2 Å². The lowest BCUT2D eigenvalue weighted by Crippen LogP contribution is -2.49. The van der Waals surface area contributed by atoms with Gasteiger partial charge in [-0.3, -0.25) is 4.90 Å². The van der Waals surface area contributed by atoms with Crippen molar-refractivity contribution in [2.24, 2.45) is 0 Å². The van der Waals surface area contributed by atoms with Crippen LogP contribution in [0.15, 0.2) is 22.7 Å². The van der Waals surface area contributed by atoms with Gasteiger partial charge in [-0.1, -0.05) is 22.0 Å². The molecule has 112 valence electrons. The second-order valence-electron chi connectivity index (χ2n) is 6.55. The van der Waals surface area contributed by atoms with Crippen molar-refractivity contribution in [1.82, 2.24) is 10.2 Å². The first kappa shape index (κ1) is 15.9. The van der Waals surface area contributed by atoms with E-state index in [0.717, 1.165) is 36.0 Å². The Morgan fingerprint density at radius 3 is 2.50 bits per heavy atom. The maximum atomic E-state index is 13.7. The highest BCUT2D eigenvalue weighted by Gasteiger charge is 2.26. The Hall–Kier alpha value is -0.450. The van der Waals surface area contributed by atoms with Crippen LogP contribution in [-0.4, -0.2) is 29.6 Å². The SMILES string of the molecule is CC(C)(C)N1CCC(NCc2ccc(Br)cc2F)CC1. The normalized spacial score (nSPS) is 18.4. The van der Waals surface area contributed by atoms with E-state index in [9.17, 15) is 4.39 Å². The molecule has 1 aliphatic heterocycles. The molecule has 0 aromatic heterocycles. The molecule has 0 spiro atoms. The molecule has 0 unspecified atom stereocenters. The minimum absolute atomic E-state index is 0.140. The average Bonchev–Trinajstić information content (AvgIpc) is 2.37. The van der Waals surface area contributed by atoms with Gasteiger partial charge in [0.2, 0.25) is 0 Å². The number of nitrogens with one attached hydrogen (secondary N) is 1. The highest BCUT2D eigenvalue weighted by molar-refractivity contribution is 9.10. The zero-order chi connectivity index (χ0) is 14.8. The minimum Gasteiger partial charge on any atom is -0.310 e. The van der Waals surface area contributed by atoms with Crippen molar-refractivity contribution in [3.63, 3.8) is 0 Å². The Labute approximate surface area is 129 Å². The van der Waals surface area contributed by atoms with Crippen molar-refractivity contribution in [2.45, 2.75) is 51.7 Å². The number of hydrogen-bond acceptors (Lipinski definition) is 2. The van der Waals surface area contributed by atoms with Gasteiger partial charge >= 0.3 is 0 Å². The molecule has 1 aliphatic rings. The number of likely N-dealkylation sites (tertiary alicyclic amines) is 1. The van der Waals surface area contributed by atoms with Gasteiger partial charge in [0.25, 0.3) is 0 Å². The molecule has 0 saturated carbocycles. The zero-order valence-corrected chi connectivity index (χ0v) is 14.1. The molecular weight excluding hydrogens is 319 g/mol. The second kappa shape index (κ2) is 6.54. The van der Waals surface area contributed by atoms with E-state index in [2.05, 4.69) is 46.9 Å². The highest BCUT2D eigenvalue weighted by atomic mass is 79.9. The fourth-order valence-corrected chi connectivity index (χ4v) is 3.01. The lowest BCUT2D eigenvalue weighted by atomic mass is 9.98. The first-order valence-electron chi connectivity index (χ1n) is 7.28. The van der Waals surface area contributed by atoms with Gasteiger partial charge < -0.3 is 5.32 Å². The number of benzene rings is 1. The fourth-order valence-electron chi connectivity index (χ4n) is 2.67. The molecule has 1 saturated heterocycles. The third kappa shape index (κ3) is 4.27. The second-order valence-corrected chi connectivity index (χ2v) is 7.46. The van der Waals surface area contributed by atoms with E-state index in [-0.39, 0.29) is 11.4 Å². The third-order valence-electron chi connectivity index (χ3n) is 4.04. The summed E-state index contributed by atoms with van der Waals surface area (Å²) in [6.07, 6.45) is 2.27. The van der Waals surface area contributed by atoms with E-state index in [1.54, 1.807) is 0 Å². The van der Waals surface area contributed by atoms with Crippen LogP contribution in [0.2, 0.25) is 0 Å². The van der Waals surface area contributed by atoms with Gasteiger partial charge in [0.1, 0.15) is 5.82 Å². The first-order chi connectivity index (χ1) is 9.36. The molecule has 2 nitrogen and oxygen atoms in total. The third-order valence-corrected chi connectivity index (χ3v) is 4.53. The molecule has 0 atom stereocenters. The van der Waals surface area contributed by atoms with Gasteiger partial charge in [-0.2, -0.15) is 0 Å². The van der Waals surface area contributed by atoms with Gasteiger partial charge in [0.05, 0.1) is 0 Å². The molecule has 1 fully saturated rings. The van der Waals surface area contributed by atoms with Crippen LogP contribution in [-0.2, 0) is 6.54 Å². The largest absolute Gasteiger partial charge is 0.310 e. The Balaban J connectivity index is 1.82. The minimum atomic E-state index is -0.140. The highest BCUT2D eigenvalue weighted by Crippen LogP contribution is 2.21. The summed E-state index contributed by atoms with van der Waals surface area (Å²) in [5, 5.41) is 3.49. The monoisotopic (exact) mass is 342 g/mol. The molecule has 1 aromatic rings. The van der Waals surface area contributed by atoms with Gasteiger partial charge in [-0.15, -0.1) is 0 Å². The molecule has 1 N–H and O–H groups in total. The number of hydrogen-bond donors (Lipinski definition) is 1. The van der Waals surface area contributed by atoms with Crippen LogP contribution in [0.5, 0.6) is 0 Å². The Bertz CT molecular complexity index is 448. The molecule has 0 bridgehead atoms. The Morgan fingerprint density at radius 2 is 1.95 bits per heavy atom. The molecule has 0 amide bonds. The van der Waals surface area contributed by atoms with Crippen molar-refractivity contribution in [3.8, 4) is 0 Å². The van der Waals surface area contributed by atoms with Crippen molar-refractivity contribution in [3.05, 3.63) is 34.1 Å². The van der Waals surface area contributed by atoms with E-state index in [4.69, 9.17) is 0 Å². The van der Waals surface area contributed by atoms with Crippen molar-refractivity contribution >= 4 is 15.9 Å². The van der Waals surface area contributed by atoms with Crippen molar-refractivity contribution in [2.75, 3.05) is 13.1 Å². The number of piperidine rings is 1. The lowest BCUT2D eigenvalue weighted by Gasteiger charge is -2.41. The molecule has 4 heteroatoms. The molecule has 1 heterocycles. The van der Waals surface area contributed by atoms with Gasteiger partial charge in [0.15, 0.2) is 0 Å². The summed E-state index contributed by atoms with van der Waals surface area (Å²) in [6.45, 7) is 9.63. The number of rotatable bonds is 3. The molecule has 1 aromatic carbocycles. The number of nitrogens with zero attached hydrogens (tertiary/aromatic N) is 1. The Morgan fingerprint density at radius 1 is 1.30 bits per heavy atom. The molecule has 20 heavy (non-hydrogen) atoms. The summed E-state index contributed by atoms with van der Waals surface area (Å²) in [5.41, 5.74) is 0.995. The predicted molar refractivity (Wildman–Crippen MR) is 85.3 cm³/mol. The standard InChI is InChI=1S/C16H24BrFN2/c1-16(2,3)20-8-6-14(7-9-20)19-11-12-4-5-13(17)10-15(12)18/h4-5,10,14,19H,6-9,11H2,1-3H3. The molecule has 0 radical (unpaired) electrons. The molecular formula is C16H24BrFN2. The average molecular weight is 343 g/mol. The van der Waals surface area contributed by atoms with E-state index in [0.29, 0.717) is 12.6 Å². The predicted octanol–water partition coefficient (Wildman–Crippen LogP) is 3.94. The lowest BCUT2D eigenvalue weighted by molar-refractivity contribution is 0.0959. The van der Waals surface area contributed by atoms with Crippen LogP contribution in [0.4, 0.5) is 4.39 Å². The quantitative estimate of drug-likeness (QED) is 0.894. The van der Waals surface area contributed by atoms with Gasteiger partial charge in [0, 0.05) is 41.3 Å². The van der Waals surface area contributed by atoms with Crippen molar-refractivity contribution in [1.29, 1.82) is 0 Å². The number of halogens is 2. The van der Waals surface area contributed by atoms with Gasteiger partial charge in [-0.05, 0) is 45.7 Å². The zero-order valence-electron chi connectivity index (χ0n) is 12.5. The summed E-state index contributed by atoms with van der Waals surface area (Å²) in [6, 6.07) is 5.76. The van der Waals surface area contributed by atoms with Crippen LogP contribution in [0, 0.1) is 5.82 Å². The maximum absolute atomic E-state index is 13.7. The van der Waals surface area contributed by atoms with E-state index in [1.165, 1.54) is 6.07 Å². The Kier molecular flexibility index (Phi) is 5.21. The smallest absolute Gasteiger partial charge is 0.128 e. The molecule has 0 aliphatic carbocycles. The van der Waals surface area contributed by atoms with E-state index < -0.39 is 0 Å². The first-order valence-corrected chi connectivity index (χ1v) is 8.08. The van der Waals surface area contributed by atoms with E-state index in [1.807, 2.05) is 12.1 Å².